The molecule has 0 aromatic carbocycles. The lowest BCUT2D eigenvalue weighted by atomic mass is 9.96. The molecule has 0 aliphatic heterocycles. The molecule has 4 aromatic heterocycles. The van der Waals surface area contributed by atoms with Gasteiger partial charge in [0.15, 0.2) is 0 Å². The minimum absolute atomic E-state index is 0.104. The predicted molar refractivity (Wildman–Crippen MR) is 141 cm³/mol. The Balaban J connectivity index is 1.41. The number of aryl methyl sites for hydroxylation is 1. The van der Waals surface area contributed by atoms with E-state index in [1.54, 1.807) is 22.7 Å². The number of amides is 1. The third-order valence-corrected chi connectivity index (χ3v) is 9.51. The Bertz CT molecular complexity index is 1420. The summed E-state index contributed by atoms with van der Waals surface area (Å²) in [5.41, 5.74) is 3.80. The van der Waals surface area contributed by atoms with Gasteiger partial charge < -0.3 is 5.32 Å². The molecule has 0 fully saturated rings. The van der Waals surface area contributed by atoms with Crippen LogP contribution < -0.4 is 5.32 Å². The lowest BCUT2D eigenvalue weighted by Gasteiger charge is -2.11. The number of nitrogens with one attached hydrogen (secondary N) is 1. The normalized spacial score (nSPS) is 12.5. The first-order valence-electron chi connectivity index (χ1n) is 10.7. The van der Waals surface area contributed by atoms with Crippen molar-refractivity contribution >= 4 is 56.7 Å². The van der Waals surface area contributed by atoms with Crippen molar-refractivity contribution in [1.82, 2.24) is 4.98 Å². The SMILES string of the molecule is N#Cc1c(-c2cccs2)cc(-c2cccs2)nc1SCC(=O)Nc1sc2c(c1C#N)CCCC2. The van der Waals surface area contributed by atoms with Crippen molar-refractivity contribution in [2.75, 3.05) is 11.1 Å². The summed E-state index contributed by atoms with van der Waals surface area (Å²) in [7, 11) is 0. The number of nitriles is 2. The summed E-state index contributed by atoms with van der Waals surface area (Å²) in [4.78, 5) is 20.8. The van der Waals surface area contributed by atoms with Crippen LogP contribution in [-0.4, -0.2) is 16.6 Å². The second-order valence-electron chi connectivity index (χ2n) is 7.67. The molecule has 9 heteroatoms. The number of anilines is 1. The maximum atomic E-state index is 12.9. The topological polar surface area (TPSA) is 89.6 Å². The average molecular weight is 519 g/mol. The van der Waals surface area contributed by atoms with Crippen LogP contribution in [0.1, 0.15) is 34.4 Å². The van der Waals surface area contributed by atoms with Crippen LogP contribution in [0.3, 0.4) is 0 Å². The molecule has 0 radical (unpaired) electrons. The van der Waals surface area contributed by atoms with E-state index in [1.165, 1.54) is 28.0 Å². The summed E-state index contributed by atoms with van der Waals surface area (Å²) in [5, 5.41) is 27.7. The Labute approximate surface area is 213 Å². The molecule has 0 saturated carbocycles. The molecule has 0 saturated heterocycles. The number of rotatable bonds is 6. The number of nitrogens with zero attached hydrogens (tertiary/aromatic N) is 3. The van der Waals surface area contributed by atoms with E-state index in [-0.39, 0.29) is 11.7 Å². The molecular formula is C25H18N4OS4. The number of fused-ring (bicyclic) bond motifs is 1. The van der Waals surface area contributed by atoms with Crippen molar-refractivity contribution in [2.24, 2.45) is 0 Å². The molecule has 1 aliphatic rings. The molecule has 1 amide bonds. The molecule has 1 N–H and O–H groups in total. The Morgan fingerprint density at radius 3 is 2.50 bits per heavy atom. The Morgan fingerprint density at radius 1 is 1.06 bits per heavy atom. The zero-order valence-corrected chi connectivity index (χ0v) is 21.2. The molecule has 5 rings (SSSR count). The van der Waals surface area contributed by atoms with Gasteiger partial charge in [-0.25, -0.2) is 4.98 Å². The smallest absolute Gasteiger partial charge is 0.235 e. The average Bonchev–Trinajstić information content (AvgIpc) is 3.63. The highest BCUT2D eigenvalue weighted by Crippen LogP contribution is 2.39. The largest absolute Gasteiger partial charge is 0.316 e. The van der Waals surface area contributed by atoms with E-state index in [1.807, 2.05) is 41.1 Å². The quantitative estimate of drug-likeness (QED) is 0.279. The van der Waals surface area contributed by atoms with Crippen LogP contribution in [0.15, 0.2) is 46.1 Å². The van der Waals surface area contributed by atoms with Crippen molar-refractivity contribution < 1.29 is 4.79 Å². The number of hydrogen-bond acceptors (Lipinski definition) is 8. The highest BCUT2D eigenvalue weighted by Gasteiger charge is 2.22. The van der Waals surface area contributed by atoms with Crippen molar-refractivity contribution in [2.45, 2.75) is 30.7 Å². The third-order valence-electron chi connectivity index (χ3n) is 5.53. The van der Waals surface area contributed by atoms with E-state index < -0.39 is 0 Å². The van der Waals surface area contributed by atoms with Gasteiger partial charge in [-0.2, -0.15) is 10.5 Å². The van der Waals surface area contributed by atoms with E-state index in [9.17, 15) is 15.3 Å². The molecule has 4 aromatic rings. The van der Waals surface area contributed by atoms with Crippen molar-refractivity contribution in [3.63, 3.8) is 0 Å². The summed E-state index contributed by atoms with van der Waals surface area (Å²) in [5.74, 6) is -0.0997. The monoisotopic (exact) mass is 518 g/mol. The minimum Gasteiger partial charge on any atom is -0.316 e. The zero-order valence-electron chi connectivity index (χ0n) is 18.0. The lowest BCUT2D eigenvalue weighted by Crippen LogP contribution is -2.14. The van der Waals surface area contributed by atoms with E-state index in [2.05, 4.69) is 17.5 Å². The maximum absolute atomic E-state index is 12.9. The number of carbonyl (C=O) groups excluding carboxylic acids is 1. The van der Waals surface area contributed by atoms with Crippen LogP contribution in [0.5, 0.6) is 0 Å². The summed E-state index contributed by atoms with van der Waals surface area (Å²) >= 11 is 5.93. The van der Waals surface area contributed by atoms with Crippen LogP contribution in [0, 0.1) is 22.7 Å². The molecule has 4 heterocycles. The van der Waals surface area contributed by atoms with Crippen LogP contribution in [0.4, 0.5) is 5.00 Å². The highest BCUT2D eigenvalue weighted by molar-refractivity contribution is 8.00. The van der Waals surface area contributed by atoms with Crippen LogP contribution >= 0.6 is 45.8 Å². The molecule has 0 spiro atoms. The van der Waals surface area contributed by atoms with Crippen LogP contribution in [0.25, 0.3) is 21.0 Å². The molecule has 0 atom stereocenters. The molecule has 5 nitrogen and oxygen atoms in total. The Kier molecular flexibility index (Phi) is 6.80. The van der Waals surface area contributed by atoms with Gasteiger partial charge in [0.25, 0.3) is 0 Å². The first-order valence-corrected chi connectivity index (χ1v) is 14.2. The standard InChI is InChI=1S/C25H18N4OS4/c26-12-17-15-5-1-2-6-21(15)34-25(17)29-23(30)14-33-24-18(13-27)16(20-7-3-9-31-20)11-19(28-24)22-8-4-10-32-22/h3-4,7-11H,1-2,5-6,14H2,(H,29,30). The zero-order chi connectivity index (χ0) is 23.5. The van der Waals surface area contributed by atoms with Crippen molar-refractivity contribution in [3.05, 3.63) is 62.7 Å². The molecule has 34 heavy (non-hydrogen) atoms. The van der Waals surface area contributed by atoms with Crippen molar-refractivity contribution in [1.29, 1.82) is 10.5 Å². The Morgan fingerprint density at radius 2 is 1.79 bits per heavy atom. The molecule has 0 bridgehead atoms. The number of pyridine rings is 1. The summed E-state index contributed by atoms with van der Waals surface area (Å²) < 4.78 is 0. The van der Waals surface area contributed by atoms with Gasteiger partial charge >= 0.3 is 0 Å². The Hall–Kier alpha value is -2.95. The molecule has 1 aliphatic carbocycles. The number of aromatic nitrogens is 1. The predicted octanol–water partition coefficient (Wildman–Crippen LogP) is 6.95. The number of thioether (sulfide) groups is 1. The fraction of sp³-hybridized carbons (Fsp3) is 0.200. The van der Waals surface area contributed by atoms with E-state index in [0.717, 1.165) is 52.3 Å². The fourth-order valence-corrected chi connectivity index (χ4v) is 7.47. The lowest BCUT2D eigenvalue weighted by molar-refractivity contribution is -0.113. The van der Waals surface area contributed by atoms with Crippen LogP contribution in [0.2, 0.25) is 0 Å². The van der Waals surface area contributed by atoms with Gasteiger partial charge in [-0.1, -0.05) is 23.9 Å². The second-order valence-corrected chi connectivity index (χ2v) is 11.6. The van der Waals surface area contributed by atoms with Crippen molar-refractivity contribution in [3.8, 4) is 33.2 Å². The van der Waals surface area contributed by atoms with Gasteiger partial charge in [0.1, 0.15) is 22.2 Å². The number of thiophene rings is 3. The highest BCUT2D eigenvalue weighted by atomic mass is 32.2. The van der Waals surface area contributed by atoms with Gasteiger partial charge in [0.2, 0.25) is 5.91 Å². The van der Waals surface area contributed by atoms with E-state index in [4.69, 9.17) is 4.98 Å². The number of hydrogen-bond donors (Lipinski definition) is 1. The molecule has 0 unspecified atom stereocenters. The summed E-state index contributed by atoms with van der Waals surface area (Å²) in [6, 6.07) is 14.5. The third kappa shape index (κ3) is 4.53. The summed E-state index contributed by atoms with van der Waals surface area (Å²) in [6.45, 7) is 0. The fourth-order valence-electron chi connectivity index (χ4n) is 3.98. The van der Waals surface area contributed by atoms with Gasteiger partial charge in [-0.05, 0) is 60.2 Å². The second kappa shape index (κ2) is 10.1. The summed E-state index contributed by atoms with van der Waals surface area (Å²) in [6.07, 6.45) is 4.07. The molecule has 168 valence electrons. The molecular weight excluding hydrogens is 501 g/mol. The van der Waals surface area contributed by atoms with Gasteiger partial charge in [-0.15, -0.1) is 34.0 Å². The van der Waals surface area contributed by atoms with Crippen LogP contribution in [-0.2, 0) is 17.6 Å². The first kappa shape index (κ1) is 22.8. The maximum Gasteiger partial charge on any atom is 0.235 e. The minimum atomic E-state index is -0.204. The van der Waals surface area contributed by atoms with Gasteiger partial charge in [0.05, 0.1) is 27.5 Å². The van der Waals surface area contributed by atoms with Gasteiger partial charge in [0, 0.05) is 15.3 Å². The first-order chi connectivity index (χ1) is 16.7. The number of carbonyl (C=O) groups is 1. The van der Waals surface area contributed by atoms with Gasteiger partial charge in [-0.3, -0.25) is 4.79 Å². The van der Waals surface area contributed by atoms with E-state index >= 15 is 0 Å². The van der Waals surface area contributed by atoms with E-state index in [0.29, 0.717) is 21.2 Å².